The molecule has 0 spiro atoms. The van der Waals surface area contributed by atoms with Crippen LogP contribution < -0.4 is 4.74 Å². The lowest BCUT2D eigenvalue weighted by Crippen LogP contribution is -1.98. The van der Waals surface area contributed by atoms with E-state index in [1.807, 2.05) is 54.7 Å². The van der Waals surface area contributed by atoms with E-state index in [2.05, 4.69) is 68.5 Å². The molecule has 6 aromatic heterocycles. The van der Waals surface area contributed by atoms with E-state index in [9.17, 15) is 0 Å². The van der Waals surface area contributed by atoms with Crippen molar-refractivity contribution in [1.29, 1.82) is 0 Å². The Bertz CT molecular complexity index is 2370. The summed E-state index contributed by atoms with van der Waals surface area (Å²) in [6, 6.07) is 35.0. The van der Waals surface area contributed by atoms with E-state index in [0.717, 1.165) is 50.1 Å². The van der Waals surface area contributed by atoms with Crippen LogP contribution in [0.1, 0.15) is 0 Å². The molecule has 3 aromatic carbocycles. The standard InChI is InChI=1S/C33H19N5O/c1-2-11-27-21(7-1)26-15-16-30(36-33(26)37(27)29-12-3-4-17-34-29)39-20-13-14-22-23-8-5-9-24-25-10-6-18-35-32(25)38(31(23)24)28(22)19-20/h1-19H. The number of fused-ring (bicyclic) bond motifs is 9. The molecule has 0 fully saturated rings. The van der Waals surface area contributed by atoms with Gasteiger partial charge in [-0.15, -0.1) is 0 Å². The van der Waals surface area contributed by atoms with Gasteiger partial charge in [0.1, 0.15) is 17.2 Å². The monoisotopic (exact) mass is 501 g/mol. The molecule has 9 aromatic rings. The summed E-state index contributed by atoms with van der Waals surface area (Å²) in [7, 11) is 0. The van der Waals surface area contributed by atoms with Crippen molar-refractivity contribution in [3.05, 3.63) is 116 Å². The number of hydrogen-bond donors (Lipinski definition) is 0. The maximum Gasteiger partial charge on any atom is 0.221 e. The quantitative estimate of drug-likeness (QED) is 0.247. The zero-order valence-electron chi connectivity index (χ0n) is 20.6. The predicted molar refractivity (Wildman–Crippen MR) is 155 cm³/mol. The van der Waals surface area contributed by atoms with Crippen LogP contribution in [0.15, 0.2) is 116 Å². The first-order valence-corrected chi connectivity index (χ1v) is 12.9. The predicted octanol–water partition coefficient (Wildman–Crippen LogP) is 7.91. The SMILES string of the molecule is c1ccc(-n2c3ccccc3c3ccc(Oc4ccc5c6cccc7c8cccnc8n(c5c4)c67)nc32)nc1. The van der Waals surface area contributed by atoms with Crippen molar-refractivity contribution >= 4 is 60.2 Å². The van der Waals surface area contributed by atoms with Crippen LogP contribution in [0.4, 0.5) is 0 Å². The molecule has 0 atom stereocenters. The third kappa shape index (κ3) is 2.77. The molecule has 0 bridgehead atoms. The first-order valence-electron chi connectivity index (χ1n) is 12.9. The Labute approximate surface area is 221 Å². The summed E-state index contributed by atoms with van der Waals surface area (Å²) in [6.45, 7) is 0. The van der Waals surface area contributed by atoms with Crippen LogP contribution in [0.2, 0.25) is 0 Å². The minimum Gasteiger partial charge on any atom is -0.439 e. The molecule has 9 rings (SSSR count). The van der Waals surface area contributed by atoms with Gasteiger partial charge in [-0.25, -0.2) is 9.97 Å². The Kier molecular flexibility index (Phi) is 3.96. The number of pyridine rings is 3. The molecule has 6 heteroatoms. The Morgan fingerprint density at radius 1 is 0.538 bits per heavy atom. The van der Waals surface area contributed by atoms with E-state index < -0.39 is 0 Å². The maximum absolute atomic E-state index is 6.40. The Hall–Kier alpha value is -5.49. The van der Waals surface area contributed by atoms with Gasteiger partial charge in [0.2, 0.25) is 5.88 Å². The fraction of sp³-hybridized carbons (Fsp3) is 0. The second kappa shape index (κ2) is 7.52. The molecule has 0 saturated carbocycles. The van der Waals surface area contributed by atoms with E-state index >= 15 is 0 Å². The Morgan fingerprint density at radius 3 is 2.21 bits per heavy atom. The second-order valence-corrected chi connectivity index (χ2v) is 9.75. The molecular formula is C33H19N5O. The van der Waals surface area contributed by atoms with Gasteiger partial charge in [-0.3, -0.25) is 8.97 Å². The van der Waals surface area contributed by atoms with Crippen molar-refractivity contribution in [2.45, 2.75) is 0 Å². The number of rotatable bonds is 3. The van der Waals surface area contributed by atoms with Crippen LogP contribution in [0, 0.1) is 0 Å². The van der Waals surface area contributed by atoms with Gasteiger partial charge in [0.05, 0.1) is 16.6 Å². The van der Waals surface area contributed by atoms with Crippen molar-refractivity contribution in [2.75, 3.05) is 0 Å². The Morgan fingerprint density at radius 2 is 1.28 bits per heavy atom. The van der Waals surface area contributed by atoms with Gasteiger partial charge in [0, 0.05) is 56.8 Å². The van der Waals surface area contributed by atoms with Crippen LogP contribution in [0.3, 0.4) is 0 Å². The fourth-order valence-electron chi connectivity index (χ4n) is 6.05. The smallest absolute Gasteiger partial charge is 0.221 e. The largest absolute Gasteiger partial charge is 0.439 e. The summed E-state index contributed by atoms with van der Waals surface area (Å²) in [5.74, 6) is 2.07. The molecule has 0 unspecified atom stereocenters. The highest BCUT2D eigenvalue weighted by Gasteiger charge is 2.19. The highest BCUT2D eigenvalue weighted by molar-refractivity contribution is 6.22. The summed E-state index contributed by atoms with van der Waals surface area (Å²) in [6.07, 6.45) is 3.65. The van der Waals surface area contributed by atoms with Gasteiger partial charge in [0.25, 0.3) is 0 Å². The van der Waals surface area contributed by atoms with E-state index in [-0.39, 0.29) is 0 Å². The van der Waals surface area contributed by atoms with Crippen LogP contribution >= 0.6 is 0 Å². The van der Waals surface area contributed by atoms with Crippen LogP contribution in [0.25, 0.3) is 66.0 Å². The molecule has 39 heavy (non-hydrogen) atoms. The van der Waals surface area contributed by atoms with Crippen molar-refractivity contribution in [2.24, 2.45) is 0 Å². The zero-order valence-corrected chi connectivity index (χ0v) is 20.6. The summed E-state index contributed by atoms with van der Waals surface area (Å²) in [5, 5.41) is 6.94. The van der Waals surface area contributed by atoms with Gasteiger partial charge in [0.15, 0.2) is 5.65 Å². The molecule has 0 aliphatic rings. The van der Waals surface area contributed by atoms with E-state index in [4.69, 9.17) is 14.7 Å². The fourth-order valence-corrected chi connectivity index (χ4v) is 6.05. The second-order valence-electron chi connectivity index (χ2n) is 9.75. The molecule has 0 aliphatic carbocycles. The molecule has 0 saturated heterocycles. The van der Waals surface area contributed by atoms with E-state index in [1.165, 1.54) is 21.7 Å². The summed E-state index contributed by atoms with van der Waals surface area (Å²) in [5.41, 5.74) is 5.08. The first-order chi connectivity index (χ1) is 19.3. The first kappa shape index (κ1) is 20.6. The normalized spacial score (nSPS) is 12.1. The van der Waals surface area contributed by atoms with Crippen molar-refractivity contribution in [3.63, 3.8) is 0 Å². The van der Waals surface area contributed by atoms with Crippen molar-refractivity contribution in [3.8, 4) is 17.4 Å². The van der Waals surface area contributed by atoms with Crippen molar-refractivity contribution in [1.82, 2.24) is 23.9 Å². The highest BCUT2D eigenvalue weighted by Crippen LogP contribution is 2.40. The minimum absolute atomic E-state index is 0.526. The lowest BCUT2D eigenvalue weighted by molar-refractivity contribution is 0.465. The van der Waals surface area contributed by atoms with Gasteiger partial charge in [-0.1, -0.05) is 42.5 Å². The molecule has 0 radical (unpaired) electrons. The van der Waals surface area contributed by atoms with Crippen LogP contribution in [-0.4, -0.2) is 23.9 Å². The van der Waals surface area contributed by atoms with Crippen LogP contribution in [0.5, 0.6) is 11.6 Å². The maximum atomic E-state index is 6.40. The third-order valence-corrected chi connectivity index (χ3v) is 7.65. The number of nitrogens with zero attached hydrogens (tertiary/aromatic N) is 5. The number of hydrogen-bond acceptors (Lipinski definition) is 4. The molecule has 0 aliphatic heterocycles. The number of benzene rings is 3. The average Bonchev–Trinajstić information content (AvgIpc) is 3.62. The van der Waals surface area contributed by atoms with E-state index in [1.54, 1.807) is 6.20 Å². The van der Waals surface area contributed by atoms with Crippen LogP contribution in [-0.2, 0) is 0 Å². The number of aromatic nitrogens is 5. The van der Waals surface area contributed by atoms with Gasteiger partial charge in [-0.2, -0.15) is 4.98 Å². The molecule has 6 nitrogen and oxygen atoms in total. The minimum atomic E-state index is 0.526. The lowest BCUT2D eigenvalue weighted by atomic mass is 10.1. The van der Waals surface area contributed by atoms with Gasteiger partial charge in [-0.05, 0) is 48.5 Å². The molecule has 0 amide bonds. The van der Waals surface area contributed by atoms with E-state index in [0.29, 0.717) is 5.88 Å². The number of ether oxygens (including phenoxy) is 1. The van der Waals surface area contributed by atoms with Gasteiger partial charge < -0.3 is 4.74 Å². The Balaban J connectivity index is 1.24. The summed E-state index contributed by atoms with van der Waals surface area (Å²) < 4.78 is 10.7. The zero-order chi connectivity index (χ0) is 25.5. The summed E-state index contributed by atoms with van der Waals surface area (Å²) >= 11 is 0. The molecular weight excluding hydrogens is 482 g/mol. The van der Waals surface area contributed by atoms with Gasteiger partial charge >= 0.3 is 0 Å². The average molecular weight is 502 g/mol. The topological polar surface area (TPSA) is 57.2 Å². The highest BCUT2D eigenvalue weighted by atomic mass is 16.5. The lowest BCUT2D eigenvalue weighted by Gasteiger charge is -2.08. The molecule has 6 heterocycles. The summed E-state index contributed by atoms with van der Waals surface area (Å²) in [4.78, 5) is 14.3. The van der Waals surface area contributed by atoms with Crippen molar-refractivity contribution < 1.29 is 4.74 Å². The molecule has 0 N–H and O–H groups in total. The molecule has 182 valence electrons. The number of para-hydroxylation sites is 2. The third-order valence-electron chi connectivity index (χ3n) is 7.65.